The van der Waals surface area contributed by atoms with Crippen LogP contribution in [0, 0.1) is 17.1 Å². The lowest BCUT2D eigenvalue weighted by molar-refractivity contribution is 0.414. The lowest BCUT2D eigenvalue weighted by Gasteiger charge is -2.20. The van der Waals surface area contributed by atoms with Crippen LogP contribution in [0.1, 0.15) is 11.1 Å². The van der Waals surface area contributed by atoms with E-state index >= 15 is 0 Å². The molecule has 0 radical (unpaired) electrons. The van der Waals surface area contributed by atoms with Crippen LogP contribution in [0.3, 0.4) is 0 Å². The molecule has 2 aromatic carbocycles. The van der Waals surface area contributed by atoms with Crippen LogP contribution in [0.15, 0.2) is 42.5 Å². The molecule has 0 aromatic heterocycles. The van der Waals surface area contributed by atoms with Gasteiger partial charge < -0.3 is 9.64 Å². The van der Waals surface area contributed by atoms with E-state index in [1.165, 1.54) is 12.1 Å². The Morgan fingerprint density at radius 3 is 2.50 bits per heavy atom. The van der Waals surface area contributed by atoms with E-state index < -0.39 is 5.82 Å². The molecule has 0 N–H and O–H groups in total. The third-order valence-corrected chi connectivity index (χ3v) is 3.03. The van der Waals surface area contributed by atoms with Gasteiger partial charge in [0.05, 0.1) is 18.7 Å². The molecule has 0 saturated carbocycles. The van der Waals surface area contributed by atoms with Crippen LogP contribution in [0.25, 0.3) is 0 Å². The Morgan fingerprint density at radius 1 is 1.20 bits per heavy atom. The van der Waals surface area contributed by atoms with Gasteiger partial charge >= 0.3 is 0 Å². The number of hydrogen-bond donors (Lipinski definition) is 0. The van der Waals surface area contributed by atoms with Crippen LogP contribution in [0.4, 0.5) is 10.1 Å². The topological polar surface area (TPSA) is 36.3 Å². The van der Waals surface area contributed by atoms with Gasteiger partial charge in [0, 0.05) is 19.3 Å². The second kappa shape index (κ2) is 6.07. The predicted molar refractivity (Wildman–Crippen MR) is 76.2 cm³/mol. The number of methoxy groups -OCH3 is 1. The molecule has 4 heteroatoms. The van der Waals surface area contributed by atoms with Crippen molar-refractivity contribution in [2.24, 2.45) is 0 Å². The Morgan fingerprint density at radius 2 is 1.90 bits per heavy atom. The third-order valence-electron chi connectivity index (χ3n) is 3.03. The summed E-state index contributed by atoms with van der Waals surface area (Å²) in [6, 6.07) is 14.0. The molecular formula is C16H15FN2O. The summed E-state index contributed by atoms with van der Waals surface area (Å²) in [6.45, 7) is 0.623. The minimum atomic E-state index is -0.402. The Kier molecular flexibility index (Phi) is 4.21. The molecule has 0 aliphatic rings. The number of nitrogens with zero attached hydrogens (tertiary/aromatic N) is 2. The van der Waals surface area contributed by atoms with E-state index in [2.05, 4.69) is 0 Å². The smallest absolute Gasteiger partial charge is 0.126 e. The second-order valence-electron chi connectivity index (χ2n) is 4.51. The van der Waals surface area contributed by atoms with Crippen molar-refractivity contribution in [3.05, 3.63) is 59.4 Å². The minimum absolute atomic E-state index is 0.321. The van der Waals surface area contributed by atoms with Crippen molar-refractivity contribution in [1.82, 2.24) is 0 Å². The first kappa shape index (κ1) is 13.9. The number of hydrogen-bond acceptors (Lipinski definition) is 3. The molecule has 0 atom stereocenters. The summed E-state index contributed by atoms with van der Waals surface area (Å²) in [5.41, 5.74) is 2.08. The Balaban J connectivity index is 2.16. The van der Waals surface area contributed by atoms with Crippen molar-refractivity contribution in [2.45, 2.75) is 6.54 Å². The van der Waals surface area contributed by atoms with Gasteiger partial charge in [0.25, 0.3) is 0 Å². The Hall–Kier alpha value is -2.54. The number of nitriles is 1. The quantitative estimate of drug-likeness (QED) is 0.855. The van der Waals surface area contributed by atoms with E-state index in [1.54, 1.807) is 13.2 Å². The third kappa shape index (κ3) is 3.27. The Labute approximate surface area is 117 Å². The van der Waals surface area contributed by atoms with Gasteiger partial charge in [-0.25, -0.2) is 4.39 Å². The molecule has 2 rings (SSSR count). The maximum atomic E-state index is 13.4. The largest absolute Gasteiger partial charge is 0.497 e. The highest BCUT2D eigenvalue weighted by molar-refractivity contribution is 5.51. The highest BCUT2D eigenvalue weighted by atomic mass is 19.1. The maximum Gasteiger partial charge on any atom is 0.126 e. The van der Waals surface area contributed by atoms with Crippen molar-refractivity contribution in [1.29, 1.82) is 5.26 Å². The maximum absolute atomic E-state index is 13.4. The van der Waals surface area contributed by atoms with E-state index in [1.807, 2.05) is 42.3 Å². The molecule has 0 spiro atoms. The molecular weight excluding hydrogens is 255 g/mol. The van der Waals surface area contributed by atoms with Crippen molar-refractivity contribution in [3.63, 3.8) is 0 Å². The van der Waals surface area contributed by atoms with Crippen molar-refractivity contribution in [3.8, 4) is 11.8 Å². The van der Waals surface area contributed by atoms with Crippen LogP contribution in [-0.4, -0.2) is 14.2 Å². The zero-order valence-corrected chi connectivity index (χ0v) is 11.4. The average Bonchev–Trinajstić information content (AvgIpc) is 2.47. The van der Waals surface area contributed by atoms with Gasteiger partial charge in [-0.2, -0.15) is 5.26 Å². The van der Waals surface area contributed by atoms with Crippen LogP contribution in [0.2, 0.25) is 0 Å². The zero-order valence-electron chi connectivity index (χ0n) is 11.4. The summed E-state index contributed by atoms with van der Waals surface area (Å²) in [7, 11) is 3.48. The fourth-order valence-electron chi connectivity index (χ4n) is 1.96. The van der Waals surface area contributed by atoms with Crippen LogP contribution < -0.4 is 9.64 Å². The highest BCUT2D eigenvalue weighted by Gasteiger charge is 2.06. The number of benzene rings is 2. The van der Waals surface area contributed by atoms with Gasteiger partial charge in [-0.1, -0.05) is 12.1 Å². The van der Waals surface area contributed by atoms with Gasteiger partial charge in [-0.15, -0.1) is 0 Å². The molecule has 2 aromatic rings. The molecule has 0 unspecified atom stereocenters. The fraction of sp³-hybridized carbons (Fsp3) is 0.188. The fourth-order valence-corrected chi connectivity index (χ4v) is 1.96. The van der Waals surface area contributed by atoms with Crippen molar-refractivity contribution in [2.75, 3.05) is 19.1 Å². The van der Waals surface area contributed by atoms with E-state index in [-0.39, 0.29) is 0 Å². The van der Waals surface area contributed by atoms with Gasteiger partial charge in [0.15, 0.2) is 0 Å². The average molecular weight is 270 g/mol. The second-order valence-corrected chi connectivity index (χ2v) is 4.51. The predicted octanol–water partition coefficient (Wildman–Crippen LogP) is 3.34. The number of anilines is 1. The summed E-state index contributed by atoms with van der Waals surface area (Å²) >= 11 is 0. The lowest BCUT2D eigenvalue weighted by Crippen LogP contribution is -2.16. The van der Waals surface area contributed by atoms with E-state index in [9.17, 15) is 4.39 Å². The standard InChI is InChI=1S/C16H15FN2O/c1-19(11-12-3-5-16(20-2)6-4-12)15-8-13(10-18)7-14(17)9-15/h3-9H,11H2,1-2H3. The molecule has 0 heterocycles. The summed E-state index contributed by atoms with van der Waals surface area (Å²) < 4.78 is 18.5. The number of rotatable bonds is 4. The minimum Gasteiger partial charge on any atom is -0.497 e. The van der Waals surface area contributed by atoms with Gasteiger partial charge in [-0.05, 0) is 35.9 Å². The van der Waals surface area contributed by atoms with Gasteiger partial charge in [0.2, 0.25) is 0 Å². The van der Waals surface area contributed by atoms with E-state index in [0.717, 1.165) is 11.3 Å². The summed E-state index contributed by atoms with van der Waals surface area (Å²) in [5.74, 6) is 0.398. The zero-order chi connectivity index (χ0) is 14.5. The molecule has 20 heavy (non-hydrogen) atoms. The monoisotopic (exact) mass is 270 g/mol. The highest BCUT2D eigenvalue weighted by Crippen LogP contribution is 2.20. The first-order valence-electron chi connectivity index (χ1n) is 6.17. The van der Waals surface area contributed by atoms with Crippen LogP contribution >= 0.6 is 0 Å². The lowest BCUT2D eigenvalue weighted by atomic mass is 10.1. The van der Waals surface area contributed by atoms with Crippen molar-refractivity contribution >= 4 is 5.69 Å². The first-order valence-corrected chi connectivity index (χ1v) is 6.17. The summed E-state index contributed by atoms with van der Waals surface area (Å²) in [4.78, 5) is 1.89. The van der Waals surface area contributed by atoms with Crippen LogP contribution in [0.5, 0.6) is 5.75 Å². The number of ether oxygens (including phenoxy) is 1. The van der Waals surface area contributed by atoms with E-state index in [4.69, 9.17) is 10.00 Å². The van der Waals surface area contributed by atoms with Gasteiger partial charge in [0.1, 0.15) is 11.6 Å². The molecule has 3 nitrogen and oxygen atoms in total. The molecule has 0 fully saturated rings. The number of halogens is 1. The molecule has 0 bridgehead atoms. The molecule has 0 aliphatic heterocycles. The molecule has 0 saturated heterocycles. The molecule has 0 aliphatic carbocycles. The molecule has 0 amide bonds. The van der Waals surface area contributed by atoms with Gasteiger partial charge in [-0.3, -0.25) is 0 Å². The molecule has 102 valence electrons. The van der Waals surface area contributed by atoms with Crippen LogP contribution in [-0.2, 0) is 6.54 Å². The van der Waals surface area contributed by atoms with E-state index in [0.29, 0.717) is 17.8 Å². The first-order chi connectivity index (χ1) is 9.62. The Bertz CT molecular complexity index is 632. The van der Waals surface area contributed by atoms with Crippen molar-refractivity contribution < 1.29 is 9.13 Å². The normalized spacial score (nSPS) is 9.90. The SMILES string of the molecule is COc1ccc(CN(C)c2cc(F)cc(C#N)c2)cc1. The summed E-state index contributed by atoms with van der Waals surface area (Å²) in [5, 5.41) is 8.87. The summed E-state index contributed by atoms with van der Waals surface area (Å²) in [6.07, 6.45) is 0.